The molecule has 0 bridgehead atoms. The number of thiazole rings is 1. The molecular formula is C23H27FN2O4S. The number of hydrogen-bond donors (Lipinski definition) is 1. The standard InChI is InChI=1S/C23H27FN2O4S/c1-3-30-22(28)13-21-26(14-20(27)25-18-7-5-4-6-15(18)2)23(29)19(31-21)12-16-8-10-17(24)11-9-16/h8-13,15,18H,3-7,14H2,1-2H3,(H,25,27)/b19-12-,21-13-/t15-,18+/m1/s1. The van der Waals surface area contributed by atoms with Crippen molar-refractivity contribution < 1.29 is 18.7 Å². The molecule has 1 amide bonds. The summed E-state index contributed by atoms with van der Waals surface area (Å²) in [5.41, 5.74) is 0.270. The van der Waals surface area contributed by atoms with Crippen LogP contribution in [0.15, 0.2) is 29.1 Å². The molecule has 31 heavy (non-hydrogen) atoms. The summed E-state index contributed by atoms with van der Waals surface area (Å²) in [5.74, 6) is -0.812. The number of hydrogen-bond acceptors (Lipinski definition) is 5. The van der Waals surface area contributed by atoms with Gasteiger partial charge in [0.25, 0.3) is 5.56 Å². The Morgan fingerprint density at radius 1 is 1.26 bits per heavy atom. The molecule has 0 radical (unpaired) electrons. The molecule has 1 aromatic carbocycles. The van der Waals surface area contributed by atoms with E-state index in [9.17, 15) is 18.8 Å². The van der Waals surface area contributed by atoms with E-state index >= 15 is 0 Å². The molecule has 1 N–H and O–H groups in total. The molecular weight excluding hydrogens is 419 g/mol. The molecule has 2 aromatic rings. The van der Waals surface area contributed by atoms with Gasteiger partial charge in [0.1, 0.15) is 17.0 Å². The third-order valence-electron chi connectivity index (χ3n) is 5.39. The average Bonchev–Trinajstić information content (AvgIpc) is 3.00. The average molecular weight is 447 g/mol. The Hall–Kier alpha value is -2.74. The van der Waals surface area contributed by atoms with Crippen LogP contribution in [0.2, 0.25) is 0 Å². The number of amides is 1. The van der Waals surface area contributed by atoms with Gasteiger partial charge in [-0.1, -0.05) is 31.9 Å². The molecule has 1 saturated carbocycles. The zero-order valence-corrected chi connectivity index (χ0v) is 18.5. The molecule has 166 valence electrons. The van der Waals surface area contributed by atoms with Gasteiger partial charge in [0.15, 0.2) is 0 Å². The third kappa shape index (κ3) is 6.13. The lowest BCUT2D eigenvalue weighted by Gasteiger charge is -2.29. The van der Waals surface area contributed by atoms with Crippen LogP contribution in [0.4, 0.5) is 4.39 Å². The predicted octanol–water partition coefficient (Wildman–Crippen LogP) is 1.92. The highest BCUT2D eigenvalue weighted by Crippen LogP contribution is 2.23. The van der Waals surface area contributed by atoms with Crippen LogP contribution in [0.5, 0.6) is 0 Å². The number of nitrogens with one attached hydrogen (secondary N) is 1. The fourth-order valence-corrected chi connectivity index (χ4v) is 4.75. The summed E-state index contributed by atoms with van der Waals surface area (Å²) in [6, 6.07) is 5.83. The maximum Gasteiger partial charge on any atom is 0.333 e. The third-order valence-corrected chi connectivity index (χ3v) is 6.45. The summed E-state index contributed by atoms with van der Waals surface area (Å²) in [5, 5.41) is 3.04. The number of halogens is 1. The predicted molar refractivity (Wildman–Crippen MR) is 118 cm³/mol. The topological polar surface area (TPSA) is 77.4 Å². The van der Waals surface area contributed by atoms with Crippen LogP contribution < -0.4 is 20.1 Å². The van der Waals surface area contributed by atoms with Crippen molar-refractivity contribution in [3.05, 3.63) is 55.2 Å². The van der Waals surface area contributed by atoms with Crippen LogP contribution in [-0.4, -0.2) is 29.1 Å². The van der Waals surface area contributed by atoms with E-state index in [1.807, 2.05) is 0 Å². The number of esters is 1. The van der Waals surface area contributed by atoms with Crippen molar-refractivity contribution in [2.75, 3.05) is 6.61 Å². The Morgan fingerprint density at radius 3 is 2.65 bits per heavy atom. The minimum Gasteiger partial charge on any atom is -0.463 e. The summed E-state index contributed by atoms with van der Waals surface area (Å²) in [4.78, 5) is 37.7. The van der Waals surface area contributed by atoms with Crippen LogP contribution in [0, 0.1) is 11.7 Å². The molecule has 1 heterocycles. The van der Waals surface area contributed by atoms with Crippen molar-refractivity contribution in [2.45, 2.75) is 52.1 Å². The number of ether oxygens (including phenoxy) is 1. The molecule has 6 nitrogen and oxygen atoms in total. The Bertz CT molecular complexity index is 1100. The van der Waals surface area contributed by atoms with E-state index in [0.717, 1.165) is 30.6 Å². The second-order valence-corrected chi connectivity index (χ2v) is 8.79. The number of rotatable bonds is 6. The van der Waals surface area contributed by atoms with E-state index in [2.05, 4.69) is 12.2 Å². The van der Waals surface area contributed by atoms with E-state index in [0.29, 0.717) is 20.7 Å². The SMILES string of the molecule is CCOC(=O)/C=c1\s/c(=C\c2ccc(F)cc2)c(=O)n1CC(=O)N[C@H]1CCCC[C@H]1C. The molecule has 0 unspecified atom stereocenters. The van der Waals surface area contributed by atoms with E-state index < -0.39 is 5.97 Å². The fourth-order valence-electron chi connectivity index (χ4n) is 3.71. The monoisotopic (exact) mass is 446 g/mol. The van der Waals surface area contributed by atoms with Crippen molar-refractivity contribution >= 4 is 35.4 Å². The number of nitrogens with zero attached hydrogens (tertiary/aromatic N) is 1. The van der Waals surface area contributed by atoms with Crippen molar-refractivity contribution in [1.29, 1.82) is 0 Å². The number of benzene rings is 1. The van der Waals surface area contributed by atoms with Crippen molar-refractivity contribution in [1.82, 2.24) is 9.88 Å². The zero-order valence-electron chi connectivity index (χ0n) is 17.7. The Morgan fingerprint density at radius 2 is 1.97 bits per heavy atom. The molecule has 0 spiro atoms. The first kappa shape index (κ1) is 22.9. The zero-order chi connectivity index (χ0) is 22.4. The molecule has 2 atom stereocenters. The van der Waals surface area contributed by atoms with Crippen molar-refractivity contribution in [3.63, 3.8) is 0 Å². The summed E-state index contributed by atoms with van der Waals surface area (Å²) in [7, 11) is 0. The number of aromatic nitrogens is 1. The maximum absolute atomic E-state index is 13.2. The molecule has 1 aliphatic carbocycles. The van der Waals surface area contributed by atoms with E-state index in [-0.39, 0.29) is 36.5 Å². The van der Waals surface area contributed by atoms with Crippen molar-refractivity contribution in [3.8, 4) is 0 Å². The van der Waals surface area contributed by atoms with Crippen molar-refractivity contribution in [2.24, 2.45) is 5.92 Å². The van der Waals surface area contributed by atoms with E-state index in [1.54, 1.807) is 25.1 Å². The molecule has 0 aliphatic heterocycles. The Balaban J connectivity index is 1.94. The van der Waals surface area contributed by atoms with E-state index in [4.69, 9.17) is 4.74 Å². The van der Waals surface area contributed by atoms with Crippen LogP contribution in [0.1, 0.15) is 45.1 Å². The number of carbonyl (C=O) groups excluding carboxylic acids is 2. The quantitative estimate of drug-likeness (QED) is 0.688. The highest BCUT2D eigenvalue weighted by atomic mass is 32.1. The van der Waals surface area contributed by atoms with Crippen LogP contribution >= 0.6 is 11.3 Å². The molecule has 0 saturated heterocycles. The second-order valence-electron chi connectivity index (χ2n) is 7.72. The first-order valence-corrected chi connectivity index (χ1v) is 11.3. The van der Waals surface area contributed by atoms with Gasteiger partial charge >= 0.3 is 5.97 Å². The van der Waals surface area contributed by atoms with Gasteiger partial charge < -0.3 is 10.1 Å². The largest absolute Gasteiger partial charge is 0.463 e. The lowest BCUT2D eigenvalue weighted by atomic mass is 9.86. The van der Waals surface area contributed by atoms with Gasteiger partial charge in [-0.05, 0) is 49.5 Å². The second kappa shape index (κ2) is 10.5. The van der Waals surface area contributed by atoms with Gasteiger partial charge in [-0.2, -0.15) is 0 Å². The normalized spacial score (nSPS) is 20.0. The first-order chi connectivity index (χ1) is 14.9. The lowest BCUT2D eigenvalue weighted by Crippen LogP contribution is -2.45. The molecule has 8 heteroatoms. The molecule has 1 aromatic heterocycles. The summed E-state index contributed by atoms with van der Waals surface area (Å²) < 4.78 is 20.1. The smallest absolute Gasteiger partial charge is 0.333 e. The van der Waals surface area contributed by atoms with Gasteiger partial charge in [-0.25, -0.2) is 9.18 Å². The van der Waals surface area contributed by atoms with Crippen LogP contribution in [-0.2, 0) is 20.9 Å². The number of carbonyl (C=O) groups is 2. The lowest BCUT2D eigenvalue weighted by molar-refractivity contribution is -0.135. The van der Waals surface area contributed by atoms with Gasteiger partial charge in [-0.15, -0.1) is 11.3 Å². The van der Waals surface area contributed by atoms with Crippen LogP contribution in [0.25, 0.3) is 12.2 Å². The van der Waals surface area contributed by atoms with Gasteiger partial charge in [0.2, 0.25) is 5.91 Å². The maximum atomic E-state index is 13.2. The summed E-state index contributed by atoms with van der Waals surface area (Å²) in [6.45, 7) is 3.84. The van der Waals surface area contributed by atoms with Crippen LogP contribution in [0.3, 0.4) is 0 Å². The minimum atomic E-state index is -0.577. The van der Waals surface area contributed by atoms with Gasteiger partial charge in [0.05, 0.1) is 17.2 Å². The highest BCUT2D eigenvalue weighted by Gasteiger charge is 2.23. The first-order valence-electron chi connectivity index (χ1n) is 10.5. The van der Waals surface area contributed by atoms with Gasteiger partial charge in [0, 0.05) is 6.04 Å². The highest BCUT2D eigenvalue weighted by molar-refractivity contribution is 7.07. The molecule has 1 fully saturated rings. The fraction of sp³-hybridized carbons (Fsp3) is 0.435. The van der Waals surface area contributed by atoms with E-state index in [1.165, 1.54) is 29.2 Å². The minimum absolute atomic E-state index is 0.0957. The summed E-state index contributed by atoms with van der Waals surface area (Å²) >= 11 is 1.09. The molecule has 3 rings (SSSR count). The van der Waals surface area contributed by atoms with Gasteiger partial charge in [-0.3, -0.25) is 14.2 Å². The Labute approximate surface area is 184 Å². The Kier molecular flexibility index (Phi) is 7.79. The summed E-state index contributed by atoms with van der Waals surface area (Å²) in [6.07, 6.45) is 7.09. The molecule has 1 aliphatic rings.